The number of nitrogens with zero attached hydrogens (tertiary/aromatic N) is 1. The molecule has 0 aliphatic heterocycles. The fourth-order valence-electron chi connectivity index (χ4n) is 1.50. The lowest BCUT2D eigenvalue weighted by atomic mass is 10.1. The Kier molecular flexibility index (Phi) is 2.25. The van der Waals surface area contributed by atoms with Gasteiger partial charge in [-0.05, 0) is 30.5 Å². The van der Waals surface area contributed by atoms with Gasteiger partial charge in [0.2, 0.25) is 0 Å². The molecule has 4 nitrogen and oxygen atoms in total. The SMILES string of the molecule is Cc1ccc2[nH]c(=O)c(/C=N/O)cc2c1. The molecule has 2 rings (SSSR count). The molecule has 0 saturated carbocycles. The van der Waals surface area contributed by atoms with Crippen LogP contribution in [0.5, 0.6) is 0 Å². The average molecular weight is 202 g/mol. The molecule has 1 aromatic carbocycles. The summed E-state index contributed by atoms with van der Waals surface area (Å²) < 4.78 is 0. The molecular formula is C11H10N2O2. The van der Waals surface area contributed by atoms with Crippen LogP contribution in [0.3, 0.4) is 0 Å². The van der Waals surface area contributed by atoms with Crippen molar-refractivity contribution >= 4 is 17.1 Å². The number of pyridine rings is 1. The topological polar surface area (TPSA) is 65.5 Å². The first kappa shape index (κ1) is 9.45. The zero-order chi connectivity index (χ0) is 10.8. The van der Waals surface area contributed by atoms with Crippen LogP contribution in [0.2, 0.25) is 0 Å². The number of aromatic nitrogens is 1. The third-order valence-corrected chi connectivity index (χ3v) is 2.23. The van der Waals surface area contributed by atoms with Crippen molar-refractivity contribution in [1.29, 1.82) is 0 Å². The van der Waals surface area contributed by atoms with E-state index in [1.54, 1.807) is 6.07 Å². The minimum atomic E-state index is -0.260. The molecule has 0 unspecified atom stereocenters. The summed E-state index contributed by atoms with van der Waals surface area (Å²) in [6.07, 6.45) is 1.13. The molecule has 4 heteroatoms. The Labute approximate surface area is 85.9 Å². The van der Waals surface area contributed by atoms with E-state index in [0.29, 0.717) is 5.56 Å². The van der Waals surface area contributed by atoms with Crippen molar-refractivity contribution < 1.29 is 5.21 Å². The molecule has 2 aromatic rings. The van der Waals surface area contributed by atoms with Crippen LogP contribution < -0.4 is 5.56 Å². The smallest absolute Gasteiger partial charge is 0.257 e. The second kappa shape index (κ2) is 3.57. The van der Waals surface area contributed by atoms with Crippen LogP contribution in [-0.4, -0.2) is 16.4 Å². The van der Waals surface area contributed by atoms with Gasteiger partial charge < -0.3 is 10.2 Å². The molecule has 1 heterocycles. The number of nitrogens with one attached hydrogen (secondary N) is 1. The number of aryl methyl sites for hydroxylation is 1. The highest BCUT2D eigenvalue weighted by Crippen LogP contribution is 2.12. The van der Waals surface area contributed by atoms with Crippen LogP contribution in [-0.2, 0) is 0 Å². The Bertz CT molecular complexity index is 585. The molecular weight excluding hydrogens is 192 g/mol. The number of benzene rings is 1. The Morgan fingerprint density at radius 2 is 2.20 bits per heavy atom. The fourth-order valence-corrected chi connectivity index (χ4v) is 1.50. The van der Waals surface area contributed by atoms with E-state index in [0.717, 1.165) is 22.7 Å². The van der Waals surface area contributed by atoms with Gasteiger partial charge in [0.25, 0.3) is 5.56 Å². The minimum Gasteiger partial charge on any atom is -0.411 e. The first-order valence-corrected chi connectivity index (χ1v) is 4.52. The molecule has 0 radical (unpaired) electrons. The maximum Gasteiger partial charge on any atom is 0.257 e. The van der Waals surface area contributed by atoms with Gasteiger partial charge in [0, 0.05) is 5.52 Å². The van der Waals surface area contributed by atoms with E-state index >= 15 is 0 Å². The Balaban J connectivity index is 2.77. The fraction of sp³-hybridized carbons (Fsp3) is 0.0909. The van der Waals surface area contributed by atoms with Gasteiger partial charge >= 0.3 is 0 Å². The van der Waals surface area contributed by atoms with Gasteiger partial charge in [0.05, 0.1) is 11.8 Å². The number of hydrogen-bond acceptors (Lipinski definition) is 3. The van der Waals surface area contributed by atoms with E-state index < -0.39 is 0 Å². The van der Waals surface area contributed by atoms with Crippen molar-refractivity contribution in [2.75, 3.05) is 0 Å². The zero-order valence-corrected chi connectivity index (χ0v) is 8.19. The summed E-state index contributed by atoms with van der Waals surface area (Å²) in [4.78, 5) is 14.2. The predicted octanol–water partition coefficient (Wildman–Crippen LogP) is 1.64. The van der Waals surface area contributed by atoms with Crippen LogP contribution in [0.4, 0.5) is 0 Å². The first-order valence-electron chi connectivity index (χ1n) is 4.52. The number of hydrogen-bond donors (Lipinski definition) is 2. The lowest BCUT2D eigenvalue weighted by Gasteiger charge is -2.00. The van der Waals surface area contributed by atoms with Crippen molar-refractivity contribution in [3.05, 3.63) is 45.7 Å². The molecule has 0 bridgehead atoms. The van der Waals surface area contributed by atoms with Gasteiger partial charge in [-0.1, -0.05) is 16.8 Å². The van der Waals surface area contributed by atoms with Crippen LogP contribution in [0, 0.1) is 6.92 Å². The van der Waals surface area contributed by atoms with Gasteiger partial charge in [-0.2, -0.15) is 0 Å². The molecule has 2 N–H and O–H groups in total. The summed E-state index contributed by atoms with van der Waals surface area (Å²) >= 11 is 0. The Morgan fingerprint density at radius 3 is 2.93 bits per heavy atom. The average Bonchev–Trinajstić information content (AvgIpc) is 2.20. The second-order valence-electron chi connectivity index (χ2n) is 3.39. The summed E-state index contributed by atoms with van der Waals surface area (Å²) in [5.74, 6) is 0. The number of aromatic amines is 1. The molecule has 0 atom stereocenters. The lowest BCUT2D eigenvalue weighted by Crippen LogP contribution is -2.11. The number of fused-ring (bicyclic) bond motifs is 1. The molecule has 0 amide bonds. The summed E-state index contributed by atoms with van der Waals surface area (Å²) in [5, 5.41) is 12.2. The quantitative estimate of drug-likeness (QED) is 0.419. The summed E-state index contributed by atoms with van der Waals surface area (Å²) in [6, 6.07) is 7.44. The number of rotatable bonds is 1. The Morgan fingerprint density at radius 1 is 1.40 bits per heavy atom. The third-order valence-electron chi connectivity index (χ3n) is 2.23. The van der Waals surface area contributed by atoms with Crippen LogP contribution in [0.15, 0.2) is 34.2 Å². The summed E-state index contributed by atoms with van der Waals surface area (Å²) in [7, 11) is 0. The van der Waals surface area contributed by atoms with Gasteiger partial charge in [0.1, 0.15) is 0 Å². The van der Waals surface area contributed by atoms with E-state index in [4.69, 9.17) is 5.21 Å². The minimum absolute atomic E-state index is 0.260. The predicted molar refractivity (Wildman–Crippen MR) is 58.7 cm³/mol. The van der Waals surface area contributed by atoms with Gasteiger partial charge in [0.15, 0.2) is 0 Å². The Hall–Kier alpha value is -2.10. The number of oxime groups is 1. The molecule has 0 fully saturated rings. The third kappa shape index (κ3) is 1.74. The molecule has 0 spiro atoms. The van der Waals surface area contributed by atoms with Gasteiger partial charge in [-0.3, -0.25) is 4.79 Å². The highest BCUT2D eigenvalue weighted by molar-refractivity contribution is 5.87. The van der Waals surface area contributed by atoms with E-state index in [1.807, 2.05) is 25.1 Å². The van der Waals surface area contributed by atoms with E-state index in [2.05, 4.69) is 10.1 Å². The zero-order valence-electron chi connectivity index (χ0n) is 8.19. The molecule has 0 saturated heterocycles. The first-order chi connectivity index (χ1) is 7.20. The van der Waals surface area contributed by atoms with Crippen molar-refractivity contribution in [3.8, 4) is 0 Å². The monoisotopic (exact) mass is 202 g/mol. The summed E-state index contributed by atoms with van der Waals surface area (Å²) in [5.41, 5.74) is 1.97. The number of H-pyrrole nitrogens is 1. The van der Waals surface area contributed by atoms with Crippen molar-refractivity contribution in [1.82, 2.24) is 4.98 Å². The van der Waals surface area contributed by atoms with Gasteiger partial charge in [-0.15, -0.1) is 0 Å². The van der Waals surface area contributed by atoms with Crippen LogP contribution in [0.25, 0.3) is 10.9 Å². The highest BCUT2D eigenvalue weighted by atomic mass is 16.4. The molecule has 76 valence electrons. The van der Waals surface area contributed by atoms with Crippen molar-refractivity contribution in [3.63, 3.8) is 0 Å². The van der Waals surface area contributed by atoms with Crippen molar-refractivity contribution in [2.24, 2.45) is 5.16 Å². The van der Waals surface area contributed by atoms with Crippen LogP contribution >= 0.6 is 0 Å². The van der Waals surface area contributed by atoms with E-state index in [9.17, 15) is 4.79 Å². The molecule has 0 aliphatic rings. The normalized spacial score (nSPS) is 11.3. The highest BCUT2D eigenvalue weighted by Gasteiger charge is 2.00. The molecule has 0 aliphatic carbocycles. The lowest BCUT2D eigenvalue weighted by molar-refractivity contribution is 0.322. The van der Waals surface area contributed by atoms with Crippen molar-refractivity contribution in [2.45, 2.75) is 6.92 Å². The molecule has 1 aromatic heterocycles. The molecule has 15 heavy (non-hydrogen) atoms. The summed E-state index contributed by atoms with van der Waals surface area (Å²) in [6.45, 7) is 1.98. The van der Waals surface area contributed by atoms with E-state index in [-0.39, 0.29) is 5.56 Å². The standard InChI is InChI=1S/C11H10N2O2/c1-7-2-3-10-8(4-7)5-9(6-12-15)11(14)13-10/h2-6,15H,1H3,(H,13,14)/b12-6+. The second-order valence-corrected chi connectivity index (χ2v) is 3.39. The van der Waals surface area contributed by atoms with Crippen LogP contribution in [0.1, 0.15) is 11.1 Å². The maximum atomic E-state index is 11.5. The largest absolute Gasteiger partial charge is 0.411 e. The van der Waals surface area contributed by atoms with E-state index in [1.165, 1.54) is 0 Å². The maximum absolute atomic E-state index is 11.5. The van der Waals surface area contributed by atoms with Gasteiger partial charge in [-0.25, -0.2) is 0 Å².